The highest BCUT2D eigenvalue weighted by Crippen LogP contribution is 2.27. The normalized spacial score (nSPS) is 13.0. The highest BCUT2D eigenvalue weighted by atomic mass is 127. The van der Waals surface area contributed by atoms with Crippen molar-refractivity contribution in [2.24, 2.45) is 4.99 Å². The van der Waals surface area contributed by atoms with Gasteiger partial charge in [0.1, 0.15) is 0 Å². The van der Waals surface area contributed by atoms with Crippen molar-refractivity contribution < 1.29 is 4.79 Å². The van der Waals surface area contributed by atoms with E-state index in [1.807, 2.05) is 31.2 Å². The number of carbonyl (C=O) groups excluding carboxylic acids is 1. The van der Waals surface area contributed by atoms with Crippen molar-refractivity contribution in [2.45, 2.75) is 19.8 Å². The third-order valence-electron chi connectivity index (χ3n) is 4.53. The molecule has 3 rings (SSSR count). The Kier molecular flexibility index (Phi) is 7.91. The number of amides is 1. The first-order valence-electron chi connectivity index (χ1n) is 8.71. The third-order valence-corrected chi connectivity index (χ3v) is 4.94. The molecular weight excluding hydrogens is 475 g/mol. The molecule has 0 saturated heterocycles. The van der Waals surface area contributed by atoms with Gasteiger partial charge in [0.05, 0.1) is 0 Å². The number of halogens is 2. The highest BCUT2D eigenvalue weighted by Gasteiger charge is 2.22. The van der Waals surface area contributed by atoms with Crippen LogP contribution >= 0.6 is 35.6 Å². The second-order valence-electron chi connectivity index (χ2n) is 6.21. The van der Waals surface area contributed by atoms with Crippen LogP contribution in [-0.2, 0) is 11.2 Å². The lowest BCUT2D eigenvalue weighted by Gasteiger charge is -2.22. The summed E-state index contributed by atoms with van der Waals surface area (Å²) in [5, 5.41) is 6.84. The number of hydrogen-bond acceptors (Lipinski definition) is 2. The molecule has 7 heteroatoms. The Morgan fingerprint density at radius 2 is 2.00 bits per heavy atom. The predicted molar refractivity (Wildman–Crippen MR) is 124 cm³/mol. The molecule has 0 aliphatic carbocycles. The molecule has 0 fully saturated rings. The topological polar surface area (TPSA) is 56.7 Å². The minimum Gasteiger partial charge on any atom is -0.355 e. The van der Waals surface area contributed by atoms with Gasteiger partial charge in [-0.2, -0.15) is 0 Å². The summed E-state index contributed by atoms with van der Waals surface area (Å²) in [5.41, 5.74) is 4.13. The molecule has 1 amide bonds. The van der Waals surface area contributed by atoms with E-state index in [2.05, 4.69) is 38.7 Å². The van der Waals surface area contributed by atoms with E-state index in [-0.39, 0.29) is 29.9 Å². The van der Waals surface area contributed by atoms with Crippen LogP contribution < -0.4 is 15.5 Å². The van der Waals surface area contributed by atoms with Crippen LogP contribution in [-0.4, -0.2) is 32.0 Å². The fourth-order valence-corrected chi connectivity index (χ4v) is 3.27. The Labute approximate surface area is 182 Å². The van der Waals surface area contributed by atoms with Crippen molar-refractivity contribution in [1.82, 2.24) is 5.32 Å². The third kappa shape index (κ3) is 5.13. The van der Waals surface area contributed by atoms with Gasteiger partial charge in [-0.25, -0.2) is 0 Å². The van der Waals surface area contributed by atoms with E-state index in [1.54, 1.807) is 7.05 Å². The van der Waals surface area contributed by atoms with Gasteiger partial charge in [-0.1, -0.05) is 35.9 Å². The molecule has 1 aliphatic heterocycles. The first kappa shape index (κ1) is 21.5. The molecule has 2 aromatic rings. The fraction of sp³-hybridized carbons (Fsp3) is 0.300. The number of rotatable bonds is 4. The molecule has 0 radical (unpaired) electrons. The SMILES string of the molecule is CN=C(NCCC(=O)Nc1cccc(Cl)c1C)N1CCc2ccccc21.I. The summed E-state index contributed by atoms with van der Waals surface area (Å²) in [4.78, 5) is 18.7. The van der Waals surface area contributed by atoms with Gasteiger partial charge < -0.3 is 15.5 Å². The van der Waals surface area contributed by atoms with Crippen LogP contribution in [0.1, 0.15) is 17.5 Å². The molecule has 2 N–H and O–H groups in total. The summed E-state index contributed by atoms with van der Waals surface area (Å²) in [5.74, 6) is 0.738. The maximum Gasteiger partial charge on any atom is 0.226 e. The highest BCUT2D eigenvalue weighted by molar-refractivity contribution is 14.0. The summed E-state index contributed by atoms with van der Waals surface area (Å²) in [7, 11) is 1.76. The summed E-state index contributed by atoms with van der Waals surface area (Å²) in [6, 6.07) is 13.8. The number of anilines is 2. The smallest absolute Gasteiger partial charge is 0.226 e. The number of nitrogens with zero attached hydrogens (tertiary/aromatic N) is 2. The lowest BCUT2D eigenvalue weighted by atomic mass is 10.2. The monoisotopic (exact) mass is 498 g/mol. The number of para-hydroxylation sites is 1. The van der Waals surface area contributed by atoms with Gasteiger partial charge in [0.15, 0.2) is 5.96 Å². The van der Waals surface area contributed by atoms with E-state index in [9.17, 15) is 4.79 Å². The standard InChI is InChI=1S/C20H23ClN4O.HI/c1-14-16(21)7-5-8-17(14)24-19(26)10-12-23-20(22-2)25-13-11-15-6-3-4-9-18(15)25;/h3-9H,10-13H2,1-2H3,(H,22,23)(H,24,26);1H. The largest absolute Gasteiger partial charge is 0.355 e. The van der Waals surface area contributed by atoms with Crippen LogP contribution in [0.3, 0.4) is 0 Å². The molecule has 27 heavy (non-hydrogen) atoms. The first-order chi connectivity index (χ1) is 12.6. The zero-order valence-corrected chi connectivity index (χ0v) is 18.5. The van der Waals surface area contributed by atoms with E-state index < -0.39 is 0 Å². The van der Waals surface area contributed by atoms with E-state index >= 15 is 0 Å². The number of fused-ring (bicyclic) bond motifs is 1. The number of aliphatic imine (C=N–C) groups is 1. The molecule has 1 aliphatic rings. The Morgan fingerprint density at radius 1 is 1.22 bits per heavy atom. The molecule has 0 saturated carbocycles. The maximum absolute atomic E-state index is 12.2. The van der Waals surface area contributed by atoms with E-state index in [1.165, 1.54) is 11.3 Å². The average molecular weight is 499 g/mol. The first-order valence-corrected chi connectivity index (χ1v) is 9.09. The van der Waals surface area contributed by atoms with Crippen LogP contribution in [0, 0.1) is 6.92 Å². The number of benzene rings is 2. The van der Waals surface area contributed by atoms with Crippen molar-refractivity contribution in [3.8, 4) is 0 Å². The van der Waals surface area contributed by atoms with Gasteiger partial charge in [-0.3, -0.25) is 9.79 Å². The molecule has 144 valence electrons. The van der Waals surface area contributed by atoms with Crippen molar-refractivity contribution in [1.29, 1.82) is 0 Å². The van der Waals surface area contributed by atoms with E-state index in [0.717, 1.165) is 30.2 Å². The maximum atomic E-state index is 12.2. The van der Waals surface area contributed by atoms with Crippen LogP contribution in [0.25, 0.3) is 0 Å². The molecule has 5 nitrogen and oxygen atoms in total. The fourth-order valence-electron chi connectivity index (χ4n) is 3.10. The van der Waals surface area contributed by atoms with Crippen molar-refractivity contribution in [3.05, 3.63) is 58.6 Å². The Balaban J connectivity index is 0.00000261. The predicted octanol–water partition coefficient (Wildman–Crippen LogP) is 4.23. The van der Waals surface area contributed by atoms with E-state index in [4.69, 9.17) is 11.6 Å². The molecule has 0 spiro atoms. The van der Waals surface area contributed by atoms with Crippen LogP contribution in [0.4, 0.5) is 11.4 Å². The summed E-state index contributed by atoms with van der Waals surface area (Å²) in [6.07, 6.45) is 1.35. The van der Waals surface area contributed by atoms with Gasteiger partial charge in [0, 0.05) is 43.0 Å². The second-order valence-corrected chi connectivity index (χ2v) is 6.62. The molecule has 0 unspecified atom stereocenters. The van der Waals surface area contributed by atoms with Crippen molar-refractivity contribution in [3.63, 3.8) is 0 Å². The molecule has 0 aromatic heterocycles. The summed E-state index contributed by atoms with van der Waals surface area (Å²) >= 11 is 6.09. The number of nitrogens with one attached hydrogen (secondary N) is 2. The van der Waals surface area contributed by atoms with Crippen molar-refractivity contribution in [2.75, 3.05) is 30.4 Å². The summed E-state index contributed by atoms with van der Waals surface area (Å²) < 4.78 is 0. The minimum atomic E-state index is -0.0554. The molecule has 0 bridgehead atoms. The van der Waals surface area contributed by atoms with Gasteiger partial charge >= 0.3 is 0 Å². The lowest BCUT2D eigenvalue weighted by Crippen LogP contribution is -2.41. The zero-order chi connectivity index (χ0) is 18.5. The van der Waals surface area contributed by atoms with Crippen LogP contribution in [0.5, 0.6) is 0 Å². The van der Waals surface area contributed by atoms with Crippen molar-refractivity contribution >= 4 is 58.8 Å². The lowest BCUT2D eigenvalue weighted by molar-refractivity contribution is -0.116. The Bertz CT molecular complexity index is 840. The van der Waals surface area contributed by atoms with Crippen LogP contribution in [0.15, 0.2) is 47.5 Å². The van der Waals surface area contributed by atoms with Gasteiger partial charge in [-0.05, 0) is 42.7 Å². The second kappa shape index (κ2) is 9.94. The molecule has 0 atom stereocenters. The number of carbonyl (C=O) groups is 1. The van der Waals surface area contributed by atoms with Crippen LogP contribution in [0.2, 0.25) is 5.02 Å². The number of guanidine groups is 1. The van der Waals surface area contributed by atoms with E-state index in [0.29, 0.717) is 18.0 Å². The average Bonchev–Trinajstić information content (AvgIpc) is 3.07. The quantitative estimate of drug-likeness (QED) is 0.377. The molecule has 1 heterocycles. The molecular formula is C20H24ClIN4O. The van der Waals surface area contributed by atoms with Gasteiger partial charge in [-0.15, -0.1) is 24.0 Å². The molecule has 2 aromatic carbocycles. The Hall–Kier alpha value is -1.80. The minimum absolute atomic E-state index is 0. The van der Waals surface area contributed by atoms with Gasteiger partial charge in [0.2, 0.25) is 5.91 Å². The Morgan fingerprint density at radius 3 is 2.78 bits per heavy atom. The summed E-state index contributed by atoms with van der Waals surface area (Å²) in [6.45, 7) is 3.30. The number of hydrogen-bond donors (Lipinski definition) is 2. The zero-order valence-electron chi connectivity index (χ0n) is 15.5. The van der Waals surface area contributed by atoms with Gasteiger partial charge in [0.25, 0.3) is 0 Å².